The van der Waals surface area contributed by atoms with Crippen LogP contribution in [0.5, 0.6) is 0 Å². The molecule has 0 fully saturated rings. The van der Waals surface area contributed by atoms with Crippen LogP contribution in [0, 0.1) is 19.8 Å². The molecule has 21 heavy (non-hydrogen) atoms. The lowest BCUT2D eigenvalue weighted by Crippen LogP contribution is -2.26. The van der Waals surface area contributed by atoms with Crippen LogP contribution >= 0.6 is 11.3 Å². The second-order valence-electron chi connectivity index (χ2n) is 6.25. The van der Waals surface area contributed by atoms with Gasteiger partial charge >= 0.3 is 0 Å². The first kappa shape index (κ1) is 16.2. The molecule has 1 aromatic carbocycles. The molecule has 1 N–H and O–H groups in total. The highest BCUT2D eigenvalue weighted by molar-refractivity contribution is 7.09. The normalized spacial score (nSPS) is 12.8. The molecule has 0 saturated carbocycles. The van der Waals surface area contributed by atoms with Gasteiger partial charge in [0.25, 0.3) is 0 Å². The van der Waals surface area contributed by atoms with Crippen molar-refractivity contribution in [2.24, 2.45) is 5.92 Å². The number of nitrogens with zero attached hydrogens (tertiary/aromatic N) is 1. The van der Waals surface area contributed by atoms with Crippen LogP contribution in [0.25, 0.3) is 0 Å². The minimum atomic E-state index is 0.495. The monoisotopic (exact) mass is 302 g/mol. The van der Waals surface area contributed by atoms with E-state index < -0.39 is 0 Å². The van der Waals surface area contributed by atoms with Gasteiger partial charge in [-0.2, -0.15) is 0 Å². The molecule has 0 spiro atoms. The second-order valence-corrected chi connectivity index (χ2v) is 7.19. The van der Waals surface area contributed by atoms with Crippen LogP contribution in [0.3, 0.4) is 0 Å². The second kappa shape index (κ2) is 7.71. The lowest BCUT2D eigenvalue weighted by Gasteiger charge is -2.18. The molecule has 0 aliphatic carbocycles. The van der Waals surface area contributed by atoms with Crippen LogP contribution in [-0.4, -0.2) is 18.1 Å². The van der Waals surface area contributed by atoms with Gasteiger partial charge in [-0.25, -0.2) is 4.98 Å². The zero-order valence-electron chi connectivity index (χ0n) is 13.5. The van der Waals surface area contributed by atoms with Gasteiger partial charge in [0, 0.05) is 30.0 Å². The van der Waals surface area contributed by atoms with Gasteiger partial charge in [0.1, 0.15) is 0 Å². The Morgan fingerprint density at radius 1 is 1.10 bits per heavy atom. The fraction of sp³-hybridized carbons (Fsp3) is 0.500. The summed E-state index contributed by atoms with van der Waals surface area (Å²) in [5, 5.41) is 6.98. The molecule has 0 saturated heterocycles. The van der Waals surface area contributed by atoms with Gasteiger partial charge in [0.15, 0.2) is 0 Å². The van der Waals surface area contributed by atoms with Crippen LogP contribution in [0.4, 0.5) is 0 Å². The number of benzene rings is 1. The fourth-order valence-electron chi connectivity index (χ4n) is 2.40. The third kappa shape index (κ3) is 5.25. The first-order chi connectivity index (χ1) is 10.0. The summed E-state index contributed by atoms with van der Waals surface area (Å²) in [5.41, 5.74) is 3.86. The van der Waals surface area contributed by atoms with Crippen molar-refractivity contribution in [3.63, 3.8) is 0 Å². The molecule has 1 atom stereocenters. The number of hydrogen-bond acceptors (Lipinski definition) is 3. The molecule has 0 radical (unpaired) electrons. The standard InChI is InChI=1S/C18H26N2S/c1-13(2)10-19-11-17(9-18-20-15(4)12-21-18)16-7-5-14(3)6-8-16/h5-8,12-13,17,19H,9-11H2,1-4H3. The molecule has 114 valence electrons. The Morgan fingerprint density at radius 2 is 1.81 bits per heavy atom. The summed E-state index contributed by atoms with van der Waals surface area (Å²) in [6.07, 6.45) is 1.02. The zero-order valence-corrected chi connectivity index (χ0v) is 14.3. The van der Waals surface area contributed by atoms with Gasteiger partial charge in [-0.3, -0.25) is 0 Å². The third-order valence-corrected chi connectivity index (χ3v) is 4.57. The highest BCUT2D eigenvalue weighted by atomic mass is 32.1. The van der Waals surface area contributed by atoms with Gasteiger partial charge in [-0.05, 0) is 31.9 Å². The summed E-state index contributed by atoms with van der Waals surface area (Å²) >= 11 is 1.78. The number of rotatable bonds is 7. The first-order valence-electron chi connectivity index (χ1n) is 7.73. The van der Waals surface area contributed by atoms with E-state index in [0.29, 0.717) is 11.8 Å². The molecule has 1 aromatic heterocycles. The quantitative estimate of drug-likeness (QED) is 0.823. The van der Waals surface area contributed by atoms with Crippen LogP contribution in [-0.2, 0) is 6.42 Å². The smallest absolute Gasteiger partial charge is 0.0934 e. The van der Waals surface area contributed by atoms with Crippen LogP contribution in [0.15, 0.2) is 29.6 Å². The van der Waals surface area contributed by atoms with Crippen molar-refractivity contribution >= 4 is 11.3 Å². The molecule has 1 heterocycles. The van der Waals surface area contributed by atoms with Crippen molar-refractivity contribution in [2.45, 2.75) is 40.0 Å². The Balaban J connectivity index is 2.07. The maximum absolute atomic E-state index is 4.63. The molecule has 2 rings (SSSR count). The molecular weight excluding hydrogens is 276 g/mol. The molecule has 2 nitrogen and oxygen atoms in total. The summed E-state index contributed by atoms with van der Waals surface area (Å²) in [5.74, 6) is 1.18. The number of hydrogen-bond donors (Lipinski definition) is 1. The van der Waals surface area contributed by atoms with Crippen LogP contribution in [0.1, 0.15) is 41.6 Å². The highest BCUT2D eigenvalue weighted by Crippen LogP contribution is 2.23. The topological polar surface area (TPSA) is 24.9 Å². The summed E-state index contributed by atoms with van der Waals surface area (Å²) < 4.78 is 0. The number of aromatic nitrogens is 1. The summed E-state index contributed by atoms with van der Waals surface area (Å²) in [6, 6.07) is 8.94. The van der Waals surface area contributed by atoms with Gasteiger partial charge in [0.05, 0.1) is 5.01 Å². The highest BCUT2D eigenvalue weighted by Gasteiger charge is 2.14. The molecule has 0 aliphatic rings. The van der Waals surface area contributed by atoms with Crippen molar-refractivity contribution in [2.75, 3.05) is 13.1 Å². The minimum Gasteiger partial charge on any atom is -0.316 e. The number of aryl methyl sites for hydroxylation is 2. The van der Waals surface area contributed by atoms with E-state index in [1.54, 1.807) is 11.3 Å². The average molecular weight is 302 g/mol. The predicted octanol–water partition coefficient (Wildman–Crippen LogP) is 4.33. The Kier molecular flexibility index (Phi) is 5.95. The SMILES string of the molecule is Cc1ccc(C(CNCC(C)C)Cc2nc(C)cs2)cc1. The van der Waals surface area contributed by atoms with E-state index in [9.17, 15) is 0 Å². The lowest BCUT2D eigenvalue weighted by molar-refractivity contribution is 0.513. The van der Waals surface area contributed by atoms with Gasteiger partial charge in [-0.1, -0.05) is 43.7 Å². The summed E-state index contributed by atoms with van der Waals surface area (Å²) in [7, 11) is 0. The fourth-order valence-corrected chi connectivity index (χ4v) is 3.25. The molecular formula is C18H26N2S. The summed E-state index contributed by atoms with van der Waals surface area (Å²) in [6.45, 7) is 10.8. The van der Waals surface area contributed by atoms with E-state index in [2.05, 4.69) is 67.6 Å². The molecule has 0 aliphatic heterocycles. The van der Waals surface area contributed by atoms with Crippen molar-refractivity contribution in [1.82, 2.24) is 10.3 Å². The maximum Gasteiger partial charge on any atom is 0.0934 e. The molecule has 1 unspecified atom stereocenters. The number of thiazole rings is 1. The molecule has 0 bridgehead atoms. The molecule has 0 amide bonds. The minimum absolute atomic E-state index is 0.495. The van der Waals surface area contributed by atoms with E-state index in [-0.39, 0.29) is 0 Å². The van der Waals surface area contributed by atoms with E-state index in [4.69, 9.17) is 0 Å². The van der Waals surface area contributed by atoms with E-state index in [1.165, 1.54) is 16.1 Å². The first-order valence-corrected chi connectivity index (χ1v) is 8.61. The predicted molar refractivity (Wildman–Crippen MR) is 92.2 cm³/mol. The maximum atomic E-state index is 4.63. The van der Waals surface area contributed by atoms with Crippen molar-refractivity contribution < 1.29 is 0 Å². The third-order valence-electron chi connectivity index (χ3n) is 3.58. The lowest BCUT2D eigenvalue weighted by atomic mass is 9.95. The zero-order chi connectivity index (χ0) is 15.2. The van der Waals surface area contributed by atoms with Crippen LogP contribution < -0.4 is 5.32 Å². The van der Waals surface area contributed by atoms with Gasteiger partial charge < -0.3 is 5.32 Å². The average Bonchev–Trinajstić information content (AvgIpc) is 2.84. The largest absolute Gasteiger partial charge is 0.316 e. The molecule has 2 aromatic rings. The van der Waals surface area contributed by atoms with E-state index in [0.717, 1.165) is 25.2 Å². The van der Waals surface area contributed by atoms with Crippen molar-refractivity contribution in [1.29, 1.82) is 0 Å². The van der Waals surface area contributed by atoms with Crippen molar-refractivity contribution in [3.05, 3.63) is 51.5 Å². The Hall–Kier alpha value is -1.19. The Morgan fingerprint density at radius 3 is 2.38 bits per heavy atom. The Bertz CT molecular complexity index is 543. The van der Waals surface area contributed by atoms with Crippen molar-refractivity contribution in [3.8, 4) is 0 Å². The summed E-state index contributed by atoms with van der Waals surface area (Å²) in [4.78, 5) is 4.63. The van der Waals surface area contributed by atoms with E-state index >= 15 is 0 Å². The van der Waals surface area contributed by atoms with Gasteiger partial charge in [0.2, 0.25) is 0 Å². The van der Waals surface area contributed by atoms with Crippen LogP contribution in [0.2, 0.25) is 0 Å². The van der Waals surface area contributed by atoms with Gasteiger partial charge in [-0.15, -0.1) is 11.3 Å². The Labute approximate surface area is 132 Å². The molecule has 3 heteroatoms. The van der Waals surface area contributed by atoms with E-state index in [1.807, 2.05) is 0 Å². The number of nitrogens with one attached hydrogen (secondary N) is 1.